The van der Waals surface area contributed by atoms with Gasteiger partial charge in [0.2, 0.25) is 0 Å². The molecule has 182 valence electrons. The van der Waals surface area contributed by atoms with Crippen molar-refractivity contribution >= 4 is 33.7 Å². The number of alkyl halides is 3. The van der Waals surface area contributed by atoms with Gasteiger partial charge in [-0.25, -0.2) is 9.67 Å². The van der Waals surface area contributed by atoms with Crippen LogP contribution < -0.4 is 5.73 Å². The molecular weight excluding hydrogens is 463 g/mol. The maximum Gasteiger partial charge on any atom is 0.419 e. The molecule has 5 rings (SSSR count). The van der Waals surface area contributed by atoms with Gasteiger partial charge in [0.05, 0.1) is 23.3 Å². The summed E-state index contributed by atoms with van der Waals surface area (Å²) in [6.45, 7) is 2.40. The highest BCUT2D eigenvalue weighted by Crippen LogP contribution is 2.36. The Morgan fingerprint density at radius 2 is 1.86 bits per heavy atom. The normalized spacial score (nSPS) is 16.2. The highest BCUT2D eigenvalue weighted by molar-refractivity contribution is 6.03. The lowest BCUT2D eigenvalue weighted by atomic mass is 10.0. The number of halogens is 3. The van der Waals surface area contributed by atoms with Gasteiger partial charge in [0.1, 0.15) is 23.0 Å². The minimum atomic E-state index is -4.62. The molecule has 1 atom stereocenters. The lowest BCUT2D eigenvalue weighted by Gasteiger charge is -2.32. The van der Waals surface area contributed by atoms with Crippen LogP contribution in [0.15, 0.2) is 36.7 Å². The number of rotatable bonds is 3. The largest absolute Gasteiger partial charge is 0.419 e. The van der Waals surface area contributed by atoms with Crippen molar-refractivity contribution in [2.45, 2.75) is 38.1 Å². The average molecular weight is 485 g/mol. The fourth-order valence-electron chi connectivity index (χ4n) is 4.51. The van der Waals surface area contributed by atoms with E-state index in [1.165, 1.54) is 13.1 Å². The predicted octanol–water partition coefficient (Wildman–Crippen LogP) is 3.19. The van der Waals surface area contributed by atoms with Gasteiger partial charge in [-0.15, -0.1) is 5.10 Å². The van der Waals surface area contributed by atoms with Gasteiger partial charge in [0.25, 0.3) is 5.91 Å². The minimum Gasteiger partial charge on any atom is -0.384 e. The molecule has 1 aliphatic rings. The molecule has 0 saturated carbocycles. The molecule has 1 aliphatic heterocycles. The van der Waals surface area contributed by atoms with Crippen LogP contribution in [-0.4, -0.2) is 60.1 Å². The fraction of sp³-hybridized carbons (Fsp3) is 0.348. The van der Waals surface area contributed by atoms with Crippen LogP contribution in [0.5, 0.6) is 0 Å². The van der Waals surface area contributed by atoms with E-state index in [9.17, 15) is 23.1 Å². The van der Waals surface area contributed by atoms with Gasteiger partial charge in [0, 0.05) is 30.2 Å². The lowest BCUT2D eigenvalue weighted by Crippen LogP contribution is -2.43. The Morgan fingerprint density at radius 3 is 2.54 bits per heavy atom. The zero-order valence-electron chi connectivity index (χ0n) is 18.7. The van der Waals surface area contributed by atoms with E-state index < -0.39 is 23.7 Å². The van der Waals surface area contributed by atoms with Crippen molar-refractivity contribution in [1.82, 2.24) is 29.9 Å². The number of hydrogen-bond acceptors (Lipinski definition) is 7. The number of nitrogens with two attached hydrogens (primary N) is 1. The third kappa shape index (κ3) is 4.14. The number of anilines is 1. The zero-order chi connectivity index (χ0) is 24.9. The van der Waals surface area contributed by atoms with E-state index in [1.54, 1.807) is 34.0 Å². The van der Waals surface area contributed by atoms with E-state index in [0.717, 1.165) is 11.6 Å². The number of nitrogen functional groups attached to an aromatic ring is 1. The fourth-order valence-corrected chi connectivity index (χ4v) is 4.51. The van der Waals surface area contributed by atoms with Crippen molar-refractivity contribution in [3.05, 3.63) is 42.2 Å². The second kappa shape index (κ2) is 8.45. The molecule has 1 unspecified atom stereocenters. The molecule has 0 bridgehead atoms. The number of aromatic nitrogens is 5. The van der Waals surface area contributed by atoms with Crippen LogP contribution in [0.1, 0.15) is 31.4 Å². The monoisotopic (exact) mass is 485 g/mol. The van der Waals surface area contributed by atoms with Gasteiger partial charge >= 0.3 is 6.18 Å². The average Bonchev–Trinajstić information content (AvgIpc) is 3.27. The van der Waals surface area contributed by atoms with Crippen molar-refractivity contribution in [2.24, 2.45) is 0 Å². The first-order chi connectivity index (χ1) is 16.6. The molecule has 12 heteroatoms. The van der Waals surface area contributed by atoms with E-state index in [4.69, 9.17) is 5.73 Å². The Balaban J connectivity index is 1.55. The number of carbonyl (C=O) groups is 1. The van der Waals surface area contributed by atoms with E-state index in [0.29, 0.717) is 47.9 Å². The van der Waals surface area contributed by atoms with Crippen molar-refractivity contribution in [3.8, 4) is 11.1 Å². The summed E-state index contributed by atoms with van der Waals surface area (Å²) in [6, 6.07) is 6.12. The van der Waals surface area contributed by atoms with Gasteiger partial charge in [0.15, 0.2) is 0 Å². The van der Waals surface area contributed by atoms with Gasteiger partial charge in [-0.05, 0) is 43.5 Å². The molecule has 1 saturated heterocycles. The number of amides is 1. The van der Waals surface area contributed by atoms with E-state index in [-0.39, 0.29) is 17.5 Å². The summed E-state index contributed by atoms with van der Waals surface area (Å²) in [5.41, 5.74) is 7.18. The Hall–Kier alpha value is -3.80. The van der Waals surface area contributed by atoms with Crippen LogP contribution in [0.2, 0.25) is 0 Å². The van der Waals surface area contributed by atoms with Crippen LogP contribution in [0, 0.1) is 0 Å². The van der Waals surface area contributed by atoms with Crippen molar-refractivity contribution < 1.29 is 23.1 Å². The summed E-state index contributed by atoms with van der Waals surface area (Å²) in [5.74, 6) is -0.879. The second-order valence-corrected chi connectivity index (χ2v) is 8.64. The predicted molar refractivity (Wildman–Crippen MR) is 122 cm³/mol. The number of likely N-dealkylation sites (tertiary alicyclic amines) is 1. The topological polar surface area (TPSA) is 123 Å². The first-order valence-electron chi connectivity index (χ1n) is 11.1. The Labute approximate surface area is 197 Å². The molecule has 4 heterocycles. The highest BCUT2D eigenvalue weighted by Gasteiger charge is 2.34. The number of aliphatic hydroxyl groups excluding tert-OH is 1. The summed E-state index contributed by atoms with van der Waals surface area (Å²) in [4.78, 5) is 21.9. The maximum absolute atomic E-state index is 13.4. The van der Waals surface area contributed by atoms with Gasteiger partial charge < -0.3 is 15.7 Å². The van der Waals surface area contributed by atoms with Gasteiger partial charge in [-0.2, -0.15) is 13.2 Å². The number of nitrogens with zero attached hydrogens (tertiary/aromatic N) is 6. The van der Waals surface area contributed by atoms with Crippen molar-refractivity contribution in [1.29, 1.82) is 0 Å². The minimum absolute atomic E-state index is 0.0395. The molecule has 1 aromatic carbocycles. The van der Waals surface area contributed by atoms with Gasteiger partial charge in [-0.3, -0.25) is 9.78 Å². The van der Waals surface area contributed by atoms with Crippen LogP contribution >= 0.6 is 0 Å². The van der Waals surface area contributed by atoms with Crippen LogP contribution in [0.25, 0.3) is 33.1 Å². The smallest absolute Gasteiger partial charge is 0.384 e. The second-order valence-electron chi connectivity index (χ2n) is 8.64. The lowest BCUT2D eigenvalue weighted by molar-refractivity contribution is -0.140. The molecule has 1 fully saturated rings. The van der Waals surface area contributed by atoms with Gasteiger partial charge in [-0.1, -0.05) is 11.3 Å². The number of piperidine rings is 1. The number of fused-ring (bicyclic) bond motifs is 3. The Bertz CT molecular complexity index is 1430. The molecule has 9 nitrogen and oxygen atoms in total. The molecule has 1 amide bonds. The Morgan fingerprint density at radius 1 is 1.11 bits per heavy atom. The Kier molecular flexibility index (Phi) is 5.55. The third-order valence-corrected chi connectivity index (χ3v) is 6.33. The SMILES string of the molecule is CC(O)C(=O)N1CCC(n2nnc3cnc4ccc(-c5cnc(N)c(C(F)(F)F)c5)cc4c32)CC1. The molecule has 3 N–H and O–H groups in total. The number of hydrogen-bond donors (Lipinski definition) is 2. The summed E-state index contributed by atoms with van der Waals surface area (Å²) < 4.78 is 41.9. The number of carbonyl (C=O) groups excluding carboxylic acids is 1. The van der Waals surface area contributed by atoms with Crippen LogP contribution in [0.3, 0.4) is 0 Å². The number of pyridine rings is 2. The molecule has 3 aromatic heterocycles. The third-order valence-electron chi connectivity index (χ3n) is 6.33. The molecule has 0 spiro atoms. The quantitative estimate of drug-likeness (QED) is 0.457. The summed E-state index contributed by atoms with van der Waals surface area (Å²) >= 11 is 0. The number of benzene rings is 1. The molecular formula is C23H22F3N7O2. The molecule has 0 radical (unpaired) electrons. The first kappa shape index (κ1) is 23.0. The maximum atomic E-state index is 13.4. The highest BCUT2D eigenvalue weighted by atomic mass is 19.4. The van der Waals surface area contributed by atoms with E-state index in [1.807, 2.05) is 0 Å². The molecule has 4 aromatic rings. The van der Waals surface area contributed by atoms with Crippen LogP contribution in [-0.2, 0) is 11.0 Å². The van der Waals surface area contributed by atoms with Crippen molar-refractivity contribution in [3.63, 3.8) is 0 Å². The summed E-state index contributed by atoms with van der Waals surface area (Å²) in [5, 5.41) is 18.8. The number of aliphatic hydroxyl groups is 1. The van der Waals surface area contributed by atoms with E-state index in [2.05, 4.69) is 20.3 Å². The standard InChI is InChI=1S/C23H22F3N7O2/c1-12(34)22(35)32-6-4-15(5-7-32)33-20-16-8-13(2-3-18(16)28-11-19(20)30-31-33)14-9-17(23(24,25)26)21(27)29-10-14/h2-3,8-12,15,34H,4-7H2,1H3,(H2,27,29). The zero-order valence-corrected chi connectivity index (χ0v) is 18.7. The summed E-state index contributed by atoms with van der Waals surface area (Å²) in [7, 11) is 0. The van der Waals surface area contributed by atoms with Crippen LogP contribution in [0.4, 0.5) is 19.0 Å². The van der Waals surface area contributed by atoms with Crippen molar-refractivity contribution in [2.75, 3.05) is 18.8 Å². The molecule has 0 aliphatic carbocycles. The molecule has 35 heavy (non-hydrogen) atoms. The first-order valence-corrected chi connectivity index (χ1v) is 11.1. The van der Waals surface area contributed by atoms with E-state index >= 15 is 0 Å². The summed E-state index contributed by atoms with van der Waals surface area (Å²) in [6.07, 6.45) is -1.50.